The minimum absolute atomic E-state index is 0.208. The topological polar surface area (TPSA) is 84.1 Å². The summed E-state index contributed by atoms with van der Waals surface area (Å²) in [7, 11) is 0. The molecular formula is C22H26N4O2. The lowest BCUT2D eigenvalue weighted by atomic mass is 10.1. The summed E-state index contributed by atoms with van der Waals surface area (Å²) < 4.78 is 1.42. The first kappa shape index (κ1) is 19.5. The SMILES string of the molecule is CCN(CCCc1ccccc1)c1c(N)n(Cc2ccccc2)c(=O)[nH]c1=O. The highest BCUT2D eigenvalue weighted by Crippen LogP contribution is 2.18. The third kappa shape index (κ3) is 4.52. The van der Waals surface area contributed by atoms with Gasteiger partial charge in [0, 0.05) is 13.1 Å². The van der Waals surface area contributed by atoms with E-state index in [1.165, 1.54) is 10.1 Å². The van der Waals surface area contributed by atoms with Crippen molar-refractivity contribution >= 4 is 11.5 Å². The number of rotatable bonds is 8. The van der Waals surface area contributed by atoms with Crippen molar-refractivity contribution in [3.05, 3.63) is 92.6 Å². The van der Waals surface area contributed by atoms with Crippen molar-refractivity contribution < 1.29 is 0 Å². The van der Waals surface area contributed by atoms with Crippen LogP contribution >= 0.6 is 0 Å². The number of nitrogens with one attached hydrogen (secondary N) is 1. The summed E-state index contributed by atoms with van der Waals surface area (Å²) in [6, 6.07) is 19.8. The van der Waals surface area contributed by atoms with E-state index in [2.05, 4.69) is 17.1 Å². The Morgan fingerprint density at radius 2 is 1.57 bits per heavy atom. The van der Waals surface area contributed by atoms with Crippen LogP contribution < -0.4 is 21.9 Å². The normalized spacial score (nSPS) is 10.8. The smallest absolute Gasteiger partial charge is 0.330 e. The molecule has 2 aromatic carbocycles. The average molecular weight is 378 g/mol. The molecule has 0 bridgehead atoms. The van der Waals surface area contributed by atoms with E-state index in [0.29, 0.717) is 25.3 Å². The van der Waals surface area contributed by atoms with E-state index in [9.17, 15) is 9.59 Å². The molecule has 0 radical (unpaired) electrons. The number of benzene rings is 2. The van der Waals surface area contributed by atoms with Crippen LogP contribution in [0.25, 0.3) is 0 Å². The Morgan fingerprint density at radius 3 is 2.18 bits per heavy atom. The Balaban J connectivity index is 1.83. The zero-order valence-electron chi connectivity index (χ0n) is 16.1. The quantitative estimate of drug-likeness (QED) is 0.631. The molecule has 3 rings (SSSR count). The van der Waals surface area contributed by atoms with Gasteiger partial charge in [0.25, 0.3) is 5.56 Å². The predicted octanol–water partition coefficient (Wildman–Crippen LogP) is 2.63. The second kappa shape index (κ2) is 9.08. The maximum absolute atomic E-state index is 12.5. The highest BCUT2D eigenvalue weighted by Gasteiger charge is 2.17. The van der Waals surface area contributed by atoms with Crippen LogP contribution in [0, 0.1) is 0 Å². The molecule has 28 heavy (non-hydrogen) atoms. The van der Waals surface area contributed by atoms with Gasteiger partial charge >= 0.3 is 5.69 Å². The third-order valence-electron chi connectivity index (χ3n) is 4.83. The number of hydrogen-bond donors (Lipinski definition) is 2. The second-order valence-corrected chi connectivity index (χ2v) is 6.73. The molecular weight excluding hydrogens is 352 g/mol. The average Bonchev–Trinajstić information content (AvgIpc) is 2.71. The summed E-state index contributed by atoms with van der Waals surface area (Å²) in [5.74, 6) is 0.208. The largest absolute Gasteiger partial charge is 0.383 e. The number of aromatic nitrogens is 2. The van der Waals surface area contributed by atoms with Gasteiger partial charge < -0.3 is 10.6 Å². The summed E-state index contributed by atoms with van der Waals surface area (Å²) in [6.45, 7) is 3.61. The maximum atomic E-state index is 12.5. The molecule has 3 N–H and O–H groups in total. The lowest BCUT2D eigenvalue weighted by Crippen LogP contribution is -2.39. The predicted molar refractivity (Wildman–Crippen MR) is 114 cm³/mol. The Labute approximate surface area is 164 Å². The molecule has 6 heteroatoms. The lowest BCUT2D eigenvalue weighted by molar-refractivity contribution is 0.704. The Kier molecular flexibility index (Phi) is 6.32. The molecule has 0 atom stereocenters. The van der Waals surface area contributed by atoms with Gasteiger partial charge in [-0.1, -0.05) is 60.7 Å². The highest BCUT2D eigenvalue weighted by atomic mass is 16.2. The Morgan fingerprint density at radius 1 is 0.964 bits per heavy atom. The van der Waals surface area contributed by atoms with Gasteiger partial charge in [-0.3, -0.25) is 14.3 Å². The standard InChI is InChI=1S/C22H26N4O2/c1-2-25(15-9-14-17-10-5-3-6-11-17)19-20(23)26(22(28)24-21(19)27)16-18-12-7-4-8-13-18/h3-8,10-13H,2,9,14-16,23H2,1H3,(H,24,27,28). The fraction of sp³-hybridized carbons (Fsp3) is 0.273. The van der Waals surface area contributed by atoms with Gasteiger partial charge in [-0.05, 0) is 30.9 Å². The summed E-state index contributed by atoms with van der Waals surface area (Å²) in [5, 5.41) is 0. The molecule has 3 aromatic rings. The minimum atomic E-state index is -0.490. The number of nitrogens with two attached hydrogens (primary N) is 1. The van der Waals surface area contributed by atoms with Crippen LogP contribution in [0.15, 0.2) is 70.3 Å². The van der Waals surface area contributed by atoms with Crippen molar-refractivity contribution in [3.63, 3.8) is 0 Å². The van der Waals surface area contributed by atoms with Gasteiger partial charge in [-0.25, -0.2) is 4.79 Å². The Hall–Kier alpha value is -3.28. The van der Waals surface area contributed by atoms with E-state index in [1.807, 2.05) is 60.4 Å². The summed E-state index contributed by atoms with van der Waals surface area (Å²) in [6.07, 6.45) is 1.80. The zero-order chi connectivity index (χ0) is 19.9. The number of H-pyrrole nitrogens is 1. The zero-order valence-corrected chi connectivity index (χ0v) is 16.1. The van der Waals surface area contributed by atoms with Gasteiger partial charge in [0.1, 0.15) is 11.5 Å². The molecule has 6 nitrogen and oxygen atoms in total. The van der Waals surface area contributed by atoms with E-state index in [1.54, 1.807) is 0 Å². The van der Waals surface area contributed by atoms with E-state index < -0.39 is 11.2 Å². The molecule has 0 fully saturated rings. The molecule has 146 valence electrons. The fourth-order valence-corrected chi connectivity index (χ4v) is 3.35. The second-order valence-electron chi connectivity index (χ2n) is 6.73. The lowest BCUT2D eigenvalue weighted by Gasteiger charge is -2.25. The van der Waals surface area contributed by atoms with Gasteiger partial charge in [-0.2, -0.15) is 0 Å². The van der Waals surface area contributed by atoms with Crippen LogP contribution in [0.5, 0.6) is 0 Å². The van der Waals surface area contributed by atoms with Crippen molar-refractivity contribution in [1.29, 1.82) is 0 Å². The molecule has 0 unspecified atom stereocenters. The van der Waals surface area contributed by atoms with Crippen LogP contribution in [-0.4, -0.2) is 22.6 Å². The molecule has 0 aliphatic heterocycles. The third-order valence-corrected chi connectivity index (χ3v) is 4.83. The van der Waals surface area contributed by atoms with Crippen LogP contribution in [0.3, 0.4) is 0 Å². The molecule has 1 aromatic heterocycles. The first-order valence-corrected chi connectivity index (χ1v) is 9.55. The summed E-state index contributed by atoms with van der Waals surface area (Å²) in [5.41, 5.74) is 7.94. The van der Waals surface area contributed by atoms with Crippen molar-refractivity contribution in [3.8, 4) is 0 Å². The van der Waals surface area contributed by atoms with Gasteiger partial charge in [0.05, 0.1) is 6.54 Å². The van der Waals surface area contributed by atoms with Crippen LogP contribution in [0.2, 0.25) is 0 Å². The summed E-state index contributed by atoms with van der Waals surface area (Å²) >= 11 is 0. The highest BCUT2D eigenvalue weighted by molar-refractivity contribution is 5.62. The van der Waals surface area contributed by atoms with E-state index in [4.69, 9.17) is 5.73 Å². The van der Waals surface area contributed by atoms with Crippen molar-refractivity contribution in [2.75, 3.05) is 23.7 Å². The van der Waals surface area contributed by atoms with Gasteiger partial charge in [0.15, 0.2) is 0 Å². The number of hydrogen-bond acceptors (Lipinski definition) is 4. The van der Waals surface area contributed by atoms with Gasteiger partial charge in [0.2, 0.25) is 0 Å². The van der Waals surface area contributed by atoms with E-state index >= 15 is 0 Å². The monoisotopic (exact) mass is 378 g/mol. The molecule has 0 aliphatic carbocycles. The van der Waals surface area contributed by atoms with Gasteiger partial charge in [-0.15, -0.1) is 0 Å². The number of aryl methyl sites for hydroxylation is 1. The number of nitrogen functional groups attached to an aromatic ring is 1. The minimum Gasteiger partial charge on any atom is -0.383 e. The van der Waals surface area contributed by atoms with E-state index in [-0.39, 0.29) is 5.82 Å². The van der Waals surface area contributed by atoms with Crippen LogP contribution in [0.1, 0.15) is 24.5 Å². The summed E-state index contributed by atoms with van der Waals surface area (Å²) in [4.78, 5) is 29.2. The van der Waals surface area contributed by atoms with E-state index in [0.717, 1.165) is 18.4 Å². The first-order chi connectivity index (χ1) is 13.6. The fourth-order valence-electron chi connectivity index (χ4n) is 3.35. The molecule has 0 aliphatic rings. The van der Waals surface area contributed by atoms with Crippen LogP contribution in [-0.2, 0) is 13.0 Å². The molecule has 0 saturated heterocycles. The number of aromatic amines is 1. The number of nitrogens with zero attached hydrogens (tertiary/aromatic N) is 2. The number of anilines is 2. The first-order valence-electron chi connectivity index (χ1n) is 9.55. The Bertz CT molecular complexity index is 1010. The van der Waals surface area contributed by atoms with Crippen molar-refractivity contribution in [2.24, 2.45) is 0 Å². The van der Waals surface area contributed by atoms with Crippen molar-refractivity contribution in [1.82, 2.24) is 9.55 Å². The molecule has 0 saturated carbocycles. The molecule has 0 spiro atoms. The maximum Gasteiger partial charge on any atom is 0.330 e. The van der Waals surface area contributed by atoms with Crippen LogP contribution in [0.4, 0.5) is 11.5 Å². The molecule has 1 heterocycles. The molecule has 0 amide bonds. The van der Waals surface area contributed by atoms with Crippen molar-refractivity contribution in [2.45, 2.75) is 26.3 Å².